The van der Waals surface area contributed by atoms with Gasteiger partial charge in [0.15, 0.2) is 8.32 Å². The highest BCUT2D eigenvalue weighted by molar-refractivity contribution is 6.77. The van der Waals surface area contributed by atoms with E-state index in [1.165, 1.54) is 12.8 Å². The topological polar surface area (TPSA) is 140 Å². The molecule has 3 aliphatic heterocycles. The fourth-order valence-corrected chi connectivity index (χ4v) is 16.1. The van der Waals surface area contributed by atoms with E-state index in [0.29, 0.717) is 58.5 Å². The number of piperidine rings is 1. The standard InChI is InChI=1S/C46H63N9O5Si/c1-31(2)61(32(3)4,33(5)6)60-27-18-43-50-44(35-13-12-34-17-26-59-41(34)28-35)45(54(43)53-22-10-11-23-53)37-14-19-47-46(48-37)49-38-29-40(55(56)57)39(30-42(38)58-7)52-24-15-36(16-25-52)51-20-8-9-21-51/h12-14,17,19,26,28-33,36H,8-11,15-16,18,20-25,27H2,1-7H3,(H,47,48,49). The fraction of sp³-hybridized carbons (Fsp3) is 0.543. The summed E-state index contributed by atoms with van der Waals surface area (Å²) in [6.07, 6.45) is 10.7. The number of anilines is 3. The van der Waals surface area contributed by atoms with Crippen LogP contribution in [0, 0.1) is 10.1 Å². The Morgan fingerprint density at radius 3 is 2.28 bits per heavy atom. The van der Waals surface area contributed by atoms with Gasteiger partial charge in [-0.2, -0.15) is 0 Å². The van der Waals surface area contributed by atoms with Crippen molar-refractivity contribution in [3.63, 3.8) is 0 Å². The second-order valence-corrected chi connectivity index (χ2v) is 23.4. The predicted octanol–water partition coefficient (Wildman–Crippen LogP) is 9.94. The van der Waals surface area contributed by atoms with Crippen LogP contribution >= 0.6 is 0 Å². The highest BCUT2D eigenvalue weighted by Crippen LogP contribution is 2.44. The van der Waals surface area contributed by atoms with Gasteiger partial charge in [-0.3, -0.25) is 10.1 Å². The first-order valence-corrected chi connectivity index (χ1v) is 24.6. The SMILES string of the molecule is COc1cc(N2CCC(N3CCCC3)CC2)c([N+](=O)[O-])cc1Nc1nccc(-c2c(-c3ccc4ccoc4c3)nc(CCO[Si](C(C)C)(C(C)C)C(C)C)n2N2CCCC2)n1. The van der Waals surface area contributed by atoms with E-state index >= 15 is 0 Å². The number of nitrogens with one attached hydrogen (secondary N) is 1. The quantitative estimate of drug-likeness (QED) is 0.0574. The highest BCUT2D eigenvalue weighted by atomic mass is 28.4. The van der Waals surface area contributed by atoms with Gasteiger partial charge in [0.1, 0.15) is 34.2 Å². The van der Waals surface area contributed by atoms with Crippen molar-refractivity contribution in [1.82, 2.24) is 24.5 Å². The third-order valence-electron chi connectivity index (χ3n) is 13.5. The molecule has 0 aliphatic carbocycles. The Morgan fingerprint density at radius 1 is 0.902 bits per heavy atom. The summed E-state index contributed by atoms with van der Waals surface area (Å²) in [4.78, 5) is 32.3. The lowest BCUT2D eigenvalue weighted by atomic mass is 10.0. The zero-order valence-electron chi connectivity index (χ0n) is 37.0. The molecule has 0 atom stereocenters. The smallest absolute Gasteiger partial charge is 0.294 e. The molecule has 0 spiro atoms. The maximum absolute atomic E-state index is 12.7. The van der Waals surface area contributed by atoms with Crippen LogP contribution in [0.2, 0.25) is 16.6 Å². The summed E-state index contributed by atoms with van der Waals surface area (Å²) in [5, 5.41) is 19.4. The zero-order valence-corrected chi connectivity index (χ0v) is 38.0. The summed E-state index contributed by atoms with van der Waals surface area (Å²) in [6, 6.07) is 14.0. The average molecular weight is 850 g/mol. The molecule has 0 unspecified atom stereocenters. The van der Waals surface area contributed by atoms with E-state index in [1.807, 2.05) is 18.2 Å². The summed E-state index contributed by atoms with van der Waals surface area (Å²) in [5.41, 5.74) is 6.42. The Balaban J connectivity index is 1.16. The largest absolute Gasteiger partial charge is 0.494 e. The number of likely N-dealkylation sites (tertiary alicyclic amines) is 1. The van der Waals surface area contributed by atoms with E-state index in [0.717, 1.165) is 98.7 Å². The molecule has 61 heavy (non-hydrogen) atoms. The van der Waals surface area contributed by atoms with Crippen LogP contribution in [0.25, 0.3) is 33.6 Å². The lowest BCUT2D eigenvalue weighted by Gasteiger charge is -2.42. The van der Waals surface area contributed by atoms with Crippen molar-refractivity contribution in [2.75, 3.05) is 68.2 Å². The first-order chi connectivity index (χ1) is 29.5. The van der Waals surface area contributed by atoms with Crippen LogP contribution in [-0.4, -0.2) is 96.8 Å². The average Bonchev–Trinajstić information content (AvgIpc) is 4.10. The van der Waals surface area contributed by atoms with Gasteiger partial charge in [0.25, 0.3) is 5.69 Å². The monoisotopic (exact) mass is 849 g/mol. The number of rotatable bonds is 16. The molecule has 326 valence electrons. The van der Waals surface area contributed by atoms with Crippen molar-refractivity contribution in [1.29, 1.82) is 0 Å². The molecule has 1 N–H and O–H groups in total. The Kier molecular flexibility index (Phi) is 12.7. The van der Waals surface area contributed by atoms with E-state index in [9.17, 15) is 10.1 Å². The molecule has 2 aromatic carbocycles. The normalized spacial score (nSPS) is 16.9. The third kappa shape index (κ3) is 8.48. The minimum Gasteiger partial charge on any atom is -0.494 e. The van der Waals surface area contributed by atoms with E-state index in [4.69, 9.17) is 23.5 Å². The summed E-state index contributed by atoms with van der Waals surface area (Å²) >= 11 is 0. The van der Waals surface area contributed by atoms with Gasteiger partial charge in [0.05, 0.1) is 29.7 Å². The van der Waals surface area contributed by atoms with Crippen molar-refractivity contribution in [3.8, 4) is 28.4 Å². The van der Waals surface area contributed by atoms with Gasteiger partial charge in [-0.25, -0.2) is 19.6 Å². The number of methoxy groups -OCH3 is 1. The van der Waals surface area contributed by atoms with Crippen LogP contribution in [0.3, 0.4) is 0 Å². The molecule has 0 saturated carbocycles. The van der Waals surface area contributed by atoms with E-state index < -0.39 is 8.32 Å². The van der Waals surface area contributed by atoms with Gasteiger partial charge in [0.2, 0.25) is 5.95 Å². The highest BCUT2D eigenvalue weighted by Gasteiger charge is 2.45. The molecule has 14 nitrogen and oxygen atoms in total. The van der Waals surface area contributed by atoms with Crippen LogP contribution < -0.4 is 20.0 Å². The van der Waals surface area contributed by atoms with Gasteiger partial charge < -0.3 is 33.7 Å². The zero-order chi connectivity index (χ0) is 42.8. The number of ether oxygens (including phenoxy) is 1. The minimum absolute atomic E-state index is 0.0214. The van der Waals surface area contributed by atoms with Crippen LogP contribution in [0.1, 0.15) is 85.9 Å². The van der Waals surface area contributed by atoms with Gasteiger partial charge in [-0.15, -0.1) is 0 Å². The number of aromatic nitrogens is 4. The first kappa shape index (κ1) is 42.7. The van der Waals surface area contributed by atoms with Crippen LogP contribution in [0.5, 0.6) is 5.75 Å². The van der Waals surface area contributed by atoms with Crippen molar-refractivity contribution in [2.24, 2.45) is 0 Å². The number of benzene rings is 2. The lowest BCUT2D eigenvalue weighted by Crippen LogP contribution is -2.48. The molecule has 5 aromatic rings. The Morgan fingerprint density at radius 2 is 1.61 bits per heavy atom. The molecule has 8 rings (SSSR count). The Hall–Kier alpha value is -4.99. The van der Waals surface area contributed by atoms with Gasteiger partial charge in [-0.05, 0) is 86.4 Å². The molecule has 3 fully saturated rings. The number of nitrogens with zero attached hydrogens (tertiary/aromatic N) is 8. The van der Waals surface area contributed by atoms with Crippen molar-refractivity contribution in [3.05, 3.63) is 70.9 Å². The van der Waals surface area contributed by atoms with Crippen molar-refractivity contribution >= 4 is 42.3 Å². The molecular formula is C46H63N9O5Si. The number of nitro benzene ring substituents is 1. The molecule has 0 radical (unpaired) electrons. The molecule has 3 aliphatic rings. The number of imidazole rings is 1. The number of fused-ring (bicyclic) bond motifs is 1. The molecule has 0 bridgehead atoms. The number of nitro groups is 1. The maximum atomic E-state index is 12.7. The van der Waals surface area contributed by atoms with E-state index in [1.54, 1.807) is 31.7 Å². The minimum atomic E-state index is -2.12. The van der Waals surface area contributed by atoms with Gasteiger partial charge >= 0.3 is 0 Å². The molecular weight excluding hydrogens is 787 g/mol. The maximum Gasteiger partial charge on any atom is 0.294 e. The number of hydrogen-bond donors (Lipinski definition) is 1. The van der Waals surface area contributed by atoms with Crippen LogP contribution in [0.4, 0.5) is 23.0 Å². The molecule has 3 saturated heterocycles. The predicted molar refractivity (Wildman–Crippen MR) is 245 cm³/mol. The summed E-state index contributed by atoms with van der Waals surface area (Å²) in [7, 11) is -0.534. The molecule has 6 heterocycles. The molecule has 15 heteroatoms. The number of hydrogen-bond acceptors (Lipinski definition) is 12. The summed E-state index contributed by atoms with van der Waals surface area (Å²) in [6.45, 7) is 20.1. The summed E-state index contributed by atoms with van der Waals surface area (Å²) < 4.78 is 21.1. The Labute approximate surface area is 360 Å². The second kappa shape index (κ2) is 18.2. The fourth-order valence-electron chi connectivity index (χ4n) is 10.7. The summed E-state index contributed by atoms with van der Waals surface area (Å²) in [5.74, 6) is 1.69. The van der Waals surface area contributed by atoms with Crippen LogP contribution in [0.15, 0.2) is 59.3 Å². The van der Waals surface area contributed by atoms with Crippen LogP contribution in [-0.2, 0) is 10.8 Å². The van der Waals surface area contributed by atoms with E-state index in [-0.39, 0.29) is 16.6 Å². The lowest BCUT2D eigenvalue weighted by molar-refractivity contribution is -0.384. The second-order valence-electron chi connectivity index (χ2n) is 17.9. The van der Waals surface area contributed by atoms with E-state index in [2.05, 4.69) is 83.5 Å². The van der Waals surface area contributed by atoms with Crippen molar-refractivity contribution in [2.45, 2.75) is 109 Å². The molecule has 3 aromatic heterocycles. The third-order valence-corrected chi connectivity index (χ3v) is 19.6. The van der Waals surface area contributed by atoms with Gasteiger partial charge in [0, 0.05) is 74.5 Å². The van der Waals surface area contributed by atoms with Crippen molar-refractivity contribution < 1.29 is 18.5 Å². The first-order valence-electron chi connectivity index (χ1n) is 22.4. The van der Waals surface area contributed by atoms with Gasteiger partial charge in [-0.1, -0.05) is 53.7 Å². The Bertz CT molecular complexity index is 2280. The number of furan rings is 1. The molecule has 0 amide bonds.